The molecule has 0 bridgehead atoms. The van der Waals surface area contributed by atoms with E-state index in [2.05, 4.69) is 11.5 Å². The van der Waals surface area contributed by atoms with E-state index in [-0.39, 0.29) is 17.3 Å². The minimum absolute atomic E-state index is 0.203. The van der Waals surface area contributed by atoms with E-state index in [1.165, 1.54) is 0 Å². The van der Waals surface area contributed by atoms with Gasteiger partial charge in [-0.25, -0.2) is 4.79 Å². The van der Waals surface area contributed by atoms with E-state index in [0.29, 0.717) is 21.9 Å². The molecule has 0 fully saturated rings. The molecule has 0 aliphatic carbocycles. The van der Waals surface area contributed by atoms with Gasteiger partial charge in [0.05, 0.1) is 18.2 Å². The molecular weight excluding hydrogens is 454 g/mol. The normalized spacial score (nSPS) is 13.7. The van der Waals surface area contributed by atoms with Gasteiger partial charge < -0.3 is 18.8 Å². The Bertz CT molecular complexity index is 1470. The van der Waals surface area contributed by atoms with Gasteiger partial charge in [0.25, 0.3) is 0 Å². The van der Waals surface area contributed by atoms with Crippen molar-refractivity contribution in [1.82, 2.24) is 4.57 Å². The van der Waals surface area contributed by atoms with Gasteiger partial charge in [-0.2, -0.15) is 0 Å². The van der Waals surface area contributed by atoms with Crippen molar-refractivity contribution in [2.45, 2.75) is 13.5 Å². The van der Waals surface area contributed by atoms with Gasteiger partial charge in [0.2, 0.25) is 5.78 Å². The van der Waals surface area contributed by atoms with Crippen LogP contribution in [0.15, 0.2) is 72.6 Å². The lowest BCUT2D eigenvalue weighted by molar-refractivity contribution is 0.0734. The average molecular weight is 474 g/mol. The topological polar surface area (TPSA) is 66.8 Å². The molecule has 1 aromatic heterocycles. The summed E-state index contributed by atoms with van der Waals surface area (Å²) in [5.41, 5.74) is 2.66. The molecule has 0 spiro atoms. The number of methoxy groups -OCH3 is 1. The molecule has 2 heterocycles. The van der Waals surface area contributed by atoms with Crippen LogP contribution in [0.4, 0.5) is 0 Å². The number of aromatic nitrogens is 1. The van der Waals surface area contributed by atoms with Crippen molar-refractivity contribution >= 4 is 40.3 Å². The third kappa shape index (κ3) is 3.93. The number of ketones is 1. The number of aryl methyl sites for hydroxylation is 1. The number of halogens is 1. The molecule has 7 heteroatoms. The molecule has 1 aliphatic rings. The molecule has 0 saturated carbocycles. The Hall–Kier alpha value is -4.03. The molecule has 34 heavy (non-hydrogen) atoms. The fraction of sp³-hybridized carbons (Fsp3) is 0.111. The predicted octanol–water partition coefficient (Wildman–Crippen LogP) is 6.16. The van der Waals surface area contributed by atoms with Crippen LogP contribution in [-0.2, 0) is 6.54 Å². The van der Waals surface area contributed by atoms with Crippen LogP contribution in [0.5, 0.6) is 17.2 Å². The van der Waals surface area contributed by atoms with Crippen LogP contribution >= 0.6 is 11.6 Å². The van der Waals surface area contributed by atoms with Crippen LogP contribution in [0.25, 0.3) is 17.0 Å². The van der Waals surface area contributed by atoms with Crippen molar-refractivity contribution in [3.8, 4) is 17.2 Å². The number of carbonyl (C=O) groups is 2. The smallest absolute Gasteiger partial charge is 0.343 e. The third-order valence-electron chi connectivity index (χ3n) is 5.68. The Balaban J connectivity index is 1.43. The van der Waals surface area contributed by atoms with Gasteiger partial charge in [-0.15, -0.1) is 0 Å². The lowest BCUT2D eigenvalue weighted by atomic mass is 10.1. The summed E-state index contributed by atoms with van der Waals surface area (Å²) in [6, 6.07) is 17.0. The molecule has 0 atom stereocenters. The summed E-state index contributed by atoms with van der Waals surface area (Å²) in [5.74, 6) is 0.794. The number of nitrogens with zero attached hydrogens (tertiary/aromatic N) is 1. The van der Waals surface area contributed by atoms with Crippen molar-refractivity contribution in [3.05, 3.63) is 94.3 Å². The molecule has 3 aromatic carbocycles. The quantitative estimate of drug-likeness (QED) is 0.197. The lowest BCUT2D eigenvalue weighted by Gasteiger charge is -2.05. The number of hydrogen-bond acceptors (Lipinski definition) is 5. The van der Waals surface area contributed by atoms with Gasteiger partial charge in [-0.3, -0.25) is 4.79 Å². The third-order valence-corrected chi connectivity index (χ3v) is 5.93. The van der Waals surface area contributed by atoms with E-state index in [9.17, 15) is 9.59 Å². The van der Waals surface area contributed by atoms with Gasteiger partial charge in [-0.05, 0) is 67.6 Å². The van der Waals surface area contributed by atoms with Crippen LogP contribution in [0.1, 0.15) is 33.2 Å². The highest BCUT2D eigenvalue weighted by Crippen LogP contribution is 2.36. The van der Waals surface area contributed by atoms with Gasteiger partial charge >= 0.3 is 5.97 Å². The second-order valence-corrected chi connectivity index (χ2v) is 8.18. The van der Waals surface area contributed by atoms with Crippen molar-refractivity contribution in [1.29, 1.82) is 0 Å². The van der Waals surface area contributed by atoms with E-state index >= 15 is 0 Å². The standard InChI is InChI=1S/C27H20ClNO5/c1-3-29-15-17(22-13-19(32-2)9-11-23(22)29)12-25-26(30)21-10-8-20(14-24(21)34-25)33-27(31)16-4-6-18(28)7-5-16/h4-15H,3H2,1-2H3/b25-12+. The van der Waals surface area contributed by atoms with Gasteiger partial charge in [0.15, 0.2) is 5.76 Å². The number of esters is 1. The van der Waals surface area contributed by atoms with E-state index in [1.807, 2.05) is 24.4 Å². The first-order valence-electron chi connectivity index (χ1n) is 10.7. The van der Waals surface area contributed by atoms with E-state index < -0.39 is 5.97 Å². The first kappa shape index (κ1) is 21.8. The minimum Gasteiger partial charge on any atom is -0.497 e. The first-order chi connectivity index (χ1) is 16.5. The molecule has 0 amide bonds. The summed E-state index contributed by atoms with van der Waals surface area (Å²) in [6.07, 6.45) is 3.71. The first-order valence-corrected chi connectivity index (χ1v) is 11.1. The molecule has 0 unspecified atom stereocenters. The van der Waals surface area contributed by atoms with Crippen LogP contribution in [0.2, 0.25) is 5.02 Å². The van der Waals surface area contributed by atoms with Crippen molar-refractivity contribution in [2.75, 3.05) is 7.11 Å². The van der Waals surface area contributed by atoms with Gasteiger partial charge in [-0.1, -0.05) is 11.6 Å². The molecule has 0 saturated heterocycles. The maximum Gasteiger partial charge on any atom is 0.343 e. The SMILES string of the molecule is CCn1cc(/C=C2/Oc3cc(OC(=O)c4ccc(Cl)cc4)ccc3C2=O)c2cc(OC)ccc21. The zero-order valence-corrected chi connectivity index (χ0v) is 19.3. The molecule has 1 aliphatic heterocycles. The Labute approximate surface area is 200 Å². The minimum atomic E-state index is -0.530. The Morgan fingerprint density at radius 3 is 2.56 bits per heavy atom. The Kier molecular flexibility index (Phi) is 5.59. The number of rotatable bonds is 5. The highest BCUT2D eigenvalue weighted by atomic mass is 35.5. The summed E-state index contributed by atoms with van der Waals surface area (Å²) >= 11 is 5.87. The van der Waals surface area contributed by atoms with Crippen LogP contribution in [0.3, 0.4) is 0 Å². The van der Waals surface area contributed by atoms with Gasteiger partial charge in [0, 0.05) is 40.3 Å². The van der Waals surface area contributed by atoms with E-state index in [1.54, 1.807) is 55.7 Å². The number of allylic oxidation sites excluding steroid dienone is 1. The van der Waals surface area contributed by atoms with E-state index in [0.717, 1.165) is 28.8 Å². The molecule has 6 nitrogen and oxygen atoms in total. The number of fused-ring (bicyclic) bond motifs is 2. The number of benzene rings is 3. The second kappa shape index (κ2) is 8.72. The summed E-state index contributed by atoms with van der Waals surface area (Å²) in [4.78, 5) is 25.4. The van der Waals surface area contributed by atoms with Crippen molar-refractivity contribution in [2.24, 2.45) is 0 Å². The molecule has 4 aromatic rings. The molecule has 170 valence electrons. The molecule has 5 rings (SSSR count). The molecular formula is C27H20ClNO5. The highest BCUT2D eigenvalue weighted by molar-refractivity contribution is 6.30. The molecule has 0 radical (unpaired) electrons. The number of carbonyl (C=O) groups excluding carboxylic acids is 2. The van der Waals surface area contributed by atoms with Crippen LogP contribution in [0, 0.1) is 0 Å². The van der Waals surface area contributed by atoms with Crippen LogP contribution < -0.4 is 14.2 Å². The summed E-state index contributed by atoms with van der Waals surface area (Å²) in [6.45, 7) is 2.84. The van der Waals surface area contributed by atoms with Crippen molar-refractivity contribution in [3.63, 3.8) is 0 Å². The number of hydrogen-bond donors (Lipinski definition) is 0. The average Bonchev–Trinajstić information content (AvgIpc) is 3.35. The summed E-state index contributed by atoms with van der Waals surface area (Å²) < 4.78 is 18.8. The monoisotopic (exact) mass is 473 g/mol. The number of ether oxygens (including phenoxy) is 3. The fourth-order valence-electron chi connectivity index (χ4n) is 3.93. The summed E-state index contributed by atoms with van der Waals surface area (Å²) in [7, 11) is 1.62. The summed E-state index contributed by atoms with van der Waals surface area (Å²) in [5, 5.41) is 1.49. The van der Waals surface area contributed by atoms with Crippen molar-refractivity contribution < 1.29 is 23.8 Å². The molecule has 0 N–H and O–H groups in total. The largest absolute Gasteiger partial charge is 0.497 e. The second-order valence-electron chi connectivity index (χ2n) is 7.75. The zero-order valence-electron chi connectivity index (χ0n) is 18.5. The van der Waals surface area contributed by atoms with Gasteiger partial charge in [0.1, 0.15) is 17.2 Å². The Morgan fingerprint density at radius 1 is 1.06 bits per heavy atom. The highest BCUT2D eigenvalue weighted by Gasteiger charge is 2.28. The fourth-order valence-corrected chi connectivity index (χ4v) is 4.06. The Morgan fingerprint density at radius 2 is 1.82 bits per heavy atom. The number of Topliss-reactive ketones (excluding diaryl/α,β-unsaturated/α-hetero) is 1. The lowest BCUT2D eigenvalue weighted by Crippen LogP contribution is -2.08. The maximum atomic E-state index is 13.0. The van der Waals surface area contributed by atoms with Crippen LogP contribution in [-0.4, -0.2) is 23.4 Å². The predicted molar refractivity (Wildman–Crippen MR) is 130 cm³/mol. The van der Waals surface area contributed by atoms with E-state index in [4.69, 9.17) is 25.8 Å². The zero-order chi connectivity index (χ0) is 23.8. The maximum absolute atomic E-state index is 13.0.